The van der Waals surface area contributed by atoms with Gasteiger partial charge in [0.15, 0.2) is 5.82 Å². The zero-order chi connectivity index (χ0) is 12.3. The normalized spacial score (nSPS) is 10.8. The summed E-state index contributed by atoms with van der Waals surface area (Å²) in [6.45, 7) is 6.27. The maximum Gasteiger partial charge on any atom is 0.237 e. The molecule has 0 unspecified atom stereocenters. The van der Waals surface area contributed by atoms with Crippen molar-refractivity contribution in [1.82, 2.24) is 10.1 Å². The summed E-state index contributed by atoms with van der Waals surface area (Å²) < 4.78 is 5.15. The predicted octanol–water partition coefficient (Wildman–Crippen LogP) is 3.54. The van der Waals surface area contributed by atoms with Crippen LogP contribution < -0.4 is 0 Å². The third kappa shape index (κ3) is 3.09. The fraction of sp³-hybridized carbons (Fsp3) is 0.385. The molecule has 1 aromatic carbocycles. The molecule has 0 bridgehead atoms. The van der Waals surface area contributed by atoms with Gasteiger partial charge in [-0.25, -0.2) is 0 Å². The Balaban J connectivity index is 1.99. The largest absolute Gasteiger partial charge is 0.338 e. The van der Waals surface area contributed by atoms with Gasteiger partial charge in [0.2, 0.25) is 5.89 Å². The van der Waals surface area contributed by atoms with Crippen LogP contribution in [-0.2, 0) is 12.2 Å². The highest BCUT2D eigenvalue weighted by atomic mass is 32.2. The van der Waals surface area contributed by atoms with Gasteiger partial charge in [-0.2, -0.15) is 4.98 Å². The minimum Gasteiger partial charge on any atom is -0.338 e. The Morgan fingerprint density at radius 1 is 1.24 bits per heavy atom. The van der Waals surface area contributed by atoms with E-state index in [0.29, 0.717) is 5.89 Å². The van der Waals surface area contributed by atoms with Crippen LogP contribution in [0.2, 0.25) is 0 Å². The minimum absolute atomic E-state index is 0.699. The smallest absolute Gasteiger partial charge is 0.237 e. The lowest BCUT2D eigenvalue weighted by Crippen LogP contribution is -1.85. The van der Waals surface area contributed by atoms with Crippen molar-refractivity contribution in [3.63, 3.8) is 0 Å². The highest BCUT2D eigenvalue weighted by Gasteiger charge is 2.05. The molecule has 2 aromatic rings. The van der Waals surface area contributed by atoms with Crippen molar-refractivity contribution >= 4 is 11.8 Å². The fourth-order valence-corrected chi connectivity index (χ4v) is 2.27. The SMILES string of the molecule is CCc1noc(CSc2ccc(C)c(C)c2)n1. The van der Waals surface area contributed by atoms with Gasteiger partial charge in [0.25, 0.3) is 0 Å². The maximum absolute atomic E-state index is 5.15. The molecule has 4 heteroatoms. The summed E-state index contributed by atoms with van der Waals surface area (Å²) in [6.07, 6.45) is 0.817. The van der Waals surface area contributed by atoms with E-state index in [1.54, 1.807) is 11.8 Å². The molecule has 0 saturated heterocycles. The molecule has 0 amide bonds. The van der Waals surface area contributed by atoms with Gasteiger partial charge in [0.05, 0.1) is 5.75 Å². The highest BCUT2D eigenvalue weighted by Crippen LogP contribution is 2.24. The summed E-state index contributed by atoms with van der Waals surface area (Å²) in [5, 5.41) is 3.88. The maximum atomic E-state index is 5.15. The van der Waals surface area contributed by atoms with E-state index in [2.05, 4.69) is 42.2 Å². The van der Waals surface area contributed by atoms with E-state index in [4.69, 9.17) is 4.52 Å². The van der Waals surface area contributed by atoms with E-state index in [0.717, 1.165) is 18.0 Å². The minimum atomic E-state index is 0.699. The number of aromatic nitrogens is 2. The van der Waals surface area contributed by atoms with Crippen LogP contribution in [0.1, 0.15) is 29.8 Å². The van der Waals surface area contributed by atoms with E-state index in [1.165, 1.54) is 16.0 Å². The zero-order valence-corrected chi connectivity index (χ0v) is 11.2. The molecule has 0 aliphatic rings. The van der Waals surface area contributed by atoms with E-state index < -0.39 is 0 Å². The van der Waals surface area contributed by atoms with Gasteiger partial charge in [-0.05, 0) is 37.1 Å². The molecule has 0 N–H and O–H groups in total. The molecule has 3 nitrogen and oxygen atoms in total. The summed E-state index contributed by atoms with van der Waals surface area (Å²) in [7, 11) is 0. The summed E-state index contributed by atoms with van der Waals surface area (Å²) in [5.41, 5.74) is 2.63. The number of thioether (sulfide) groups is 1. The molecule has 17 heavy (non-hydrogen) atoms. The lowest BCUT2D eigenvalue weighted by Gasteiger charge is -2.03. The molecular formula is C13H16N2OS. The summed E-state index contributed by atoms with van der Waals surface area (Å²) in [5.74, 6) is 2.21. The Morgan fingerprint density at radius 3 is 2.71 bits per heavy atom. The molecule has 1 heterocycles. The van der Waals surface area contributed by atoms with Crippen molar-refractivity contribution in [2.45, 2.75) is 37.8 Å². The Morgan fingerprint density at radius 2 is 2.06 bits per heavy atom. The lowest BCUT2D eigenvalue weighted by molar-refractivity contribution is 0.385. The van der Waals surface area contributed by atoms with Crippen molar-refractivity contribution in [3.05, 3.63) is 41.0 Å². The quantitative estimate of drug-likeness (QED) is 0.776. The first-order chi connectivity index (χ1) is 8.19. The Labute approximate surface area is 106 Å². The summed E-state index contributed by atoms with van der Waals surface area (Å²) in [6, 6.07) is 6.46. The third-order valence-electron chi connectivity index (χ3n) is 2.67. The van der Waals surface area contributed by atoms with E-state index in [1.807, 2.05) is 6.92 Å². The molecular weight excluding hydrogens is 232 g/mol. The topological polar surface area (TPSA) is 38.9 Å². The van der Waals surface area contributed by atoms with Crippen LogP contribution in [0.4, 0.5) is 0 Å². The van der Waals surface area contributed by atoms with E-state index in [9.17, 15) is 0 Å². The molecule has 0 fully saturated rings. The second-order valence-corrected chi connectivity index (χ2v) is 5.04. The van der Waals surface area contributed by atoms with Crippen molar-refractivity contribution in [2.24, 2.45) is 0 Å². The molecule has 1 aromatic heterocycles. The van der Waals surface area contributed by atoms with Crippen LogP contribution >= 0.6 is 11.8 Å². The van der Waals surface area contributed by atoms with Gasteiger partial charge in [0, 0.05) is 11.3 Å². The van der Waals surface area contributed by atoms with Crippen LogP contribution in [0.25, 0.3) is 0 Å². The second kappa shape index (κ2) is 5.36. The molecule has 0 radical (unpaired) electrons. The molecule has 90 valence electrons. The molecule has 0 saturated carbocycles. The summed E-state index contributed by atoms with van der Waals surface area (Å²) >= 11 is 1.72. The number of hydrogen-bond acceptors (Lipinski definition) is 4. The van der Waals surface area contributed by atoms with Gasteiger partial charge >= 0.3 is 0 Å². The fourth-order valence-electron chi connectivity index (χ4n) is 1.44. The van der Waals surface area contributed by atoms with Crippen molar-refractivity contribution in [3.8, 4) is 0 Å². The average molecular weight is 248 g/mol. The monoisotopic (exact) mass is 248 g/mol. The number of rotatable bonds is 4. The predicted molar refractivity (Wildman–Crippen MR) is 69.2 cm³/mol. The second-order valence-electron chi connectivity index (χ2n) is 3.99. The molecule has 0 spiro atoms. The molecule has 0 aliphatic heterocycles. The first-order valence-electron chi connectivity index (χ1n) is 5.70. The Bertz CT molecular complexity index is 508. The Kier molecular flexibility index (Phi) is 3.84. The van der Waals surface area contributed by atoms with Gasteiger partial charge in [-0.1, -0.05) is 18.1 Å². The van der Waals surface area contributed by atoms with Crippen LogP contribution in [0.15, 0.2) is 27.6 Å². The standard InChI is InChI=1S/C13H16N2OS/c1-4-12-14-13(16-15-12)8-17-11-6-5-9(2)10(3)7-11/h5-7H,4,8H2,1-3H3. The Hall–Kier alpha value is -1.29. The third-order valence-corrected chi connectivity index (χ3v) is 3.65. The number of nitrogens with zero attached hydrogens (tertiary/aromatic N) is 2. The van der Waals surface area contributed by atoms with Crippen LogP contribution in [-0.4, -0.2) is 10.1 Å². The van der Waals surface area contributed by atoms with Crippen molar-refractivity contribution in [1.29, 1.82) is 0 Å². The van der Waals surface area contributed by atoms with E-state index in [-0.39, 0.29) is 0 Å². The van der Waals surface area contributed by atoms with Crippen molar-refractivity contribution in [2.75, 3.05) is 0 Å². The summed E-state index contributed by atoms with van der Waals surface area (Å²) in [4.78, 5) is 5.53. The van der Waals surface area contributed by atoms with Gasteiger partial charge in [0.1, 0.15) is 0 Å². The van der Waals surface area contributed by atoms with E-state index >= 15 is 0 Å². The van der Waals surface area contributed by atoms with Crippen LogP contribution in [0, 0.1) is 13.8 Å². The number of hydrogen-bond donors (Lipinski definition) is 0. The van der Waals surface area contributed by atoms with Gasteiger partial charge in [-0.15, -0.1) is 11.8 Å². The van der Waals surface area contributed by atoms with Crippen molar-refractivity contribution < 1.29 is 4.52 Å². The lowest BCUT2D eigenvalue weighted by atomic mass is 10.1. The van der Waals surface area contributed by atoms with Crippen LogP contribution in [0.5, 0.6) is 0 Å². The molecule has 0 atom stereocenters. The van der Waals surface area contributed by atoms with Gasteiger partial charge in [-0.3, -0.25) is 0 Å². The molecule has 2 rings (SSSR count). The first kappa shape index (κ1) is 12.2. The zero-order valence-electron chi connectivity index (χ0n) is 10.4. The first-order valence-corrected chi connectivity index (χ1v) is 6.69. The van der Waals surface area contributed by atoms with Gasteiger partial charge < -0.3 is 4.52 Å². The number of aryl methyl sites for hydroxylation is 3. The highest BCUT2D eigenvalue weighted by molar-refractivity contribution is 7.98. The number of benzene rings is 1. The average Bonchev–Trinajstić information content (AvgIpc) is 2.79. The van der Waals surface area contributed by atoms with Crippen LogP contribution in [0.3, 0.4) is 0 Å². The molecule has 0 aliphatic carbocycles.